The van der Waals surface area contributed by atoms with Crippen LogP contribution in [-0.4, -0.2) is 24.0 Å². The molecule has 2 amide bonds. The molecule has 0 atom stereocenters. The highest BCUT2D eigenvalue weighted by atomic mass is 35.5. The molecular formula is C17H17ClN2O4. The maximum absolute atomic E-state index is 11.9. The van der Waals surface area contributed by atoms with Crippen molar-refractivity contribution in [1.29, 1.82) is 0 Å². The van der Waals surface area contributed by atoms with Crippen molar-refractivity contribution < 1.29 is 19.4 Å². The Balaban J connectivity index is 1.82. The molecule has 0 unspecified atom stereocenters. The average molecular weight is 349 g/mol. The molecule has 2 rings (SSSR count). The number of benzene rings is 2. The van der Waals surface area contributed by atoms with Gasteiger partial charge < -0.3 is 9.84 Å². The second kappa shape index (κ2) is 8.21. The Kier molecular flexibility index (Phi) is 6.03. The van der Waals surface area contributed by atoms with Gasteiger partial charge in [-0.2, -0.15) is 0 Å². The minimum Gasteiger partial charge on any atom is -0.507 e. The normalized spacial score (nSPS) is 10.1. The average Bonchev–Trinajstić information content (AvgIpc) is 2.60. The van der Waals surface area contributed by atoms with Crippen LogP contribution in [0.1, 0.15) is 22.3 Å². The van der Waals surface area contributed by atoms with E-state index in [1.807, 2.05) is 24.3 Å². The van der Waals surface area contributed by atoms with Crippen LogP contribution in [0, 0.1) is 0 Å². The van der Waals surface area contributed by atoms with Gasteiger partial charge in [-0.1, -0.05) is 23.7 Å². The number of hydrazine groups is 1. The zero-order valence-corrected chi connectivity index (χ0v) is 13.8. The molecule has 2 aromatic rings. The van der Waals surface area contributed by atoms with Crippen LogP contribution in [0.4, 0.5) is 0 Å². The van der Waals surface area contributed by atoms with Crippen LogP contribution in [0.5, 0.6) is 11.5 Å². The van der Waals surface area contributed by atoms with Crippen LogP contribution in [0.15, 0.2) is 42.5 Å². The minimum absolute atomic E-state index is 0.0158. The fourth-order valence-electron chi connectivity index (χ4n) is 2.00. The molecule has 24 heavy (non-hydrogen) atoms. The molecule has 2 aromatic carbocycles. The van der Waals surface area contributed by atoms with E-state index in [0.29, 0.717) is 11.4 Å². The number of phenols is 1. The van der Waals surface area contributed by atoms with E-state index in [1.165, 1.54) is 18.2 Å². The summed E-state index contributed by atoms with van der Waals surface area (Å²) in [5.74, 6) is -0.463. The van der Waals surface area contributed by atoms with Crippen molar-refractivity contribution in [2.24, 2.45) is 0 Å². The topological polar surface area (TPSA) is 87.7 Å². The molecule has 7 heteroatoms. The highest BCUT2D eigenvalue weighted by Gasteiger charge is 2.12. The van der Waals surface area contributed by atoms with Crippen molar-refractivity contribution in [3.8, 4) is 11.5 Å². The molecule has 6 nitrogen and oxygen atoms in total. The van der Waals surface area contributed by atoms with Gasteiger partial charge in [0.1, 0.15) is 11.5 Å². The van der Waals surface area contributed by atoms with Crippen molar-refractivity contribution in [2.45, 2.75) is 12.8 Å². The number of hydrogen-bond acceptors (Lipinski definition) is 4. The van der Waals surface area contributed by atoms with Gasteiger partial charge in [0, 0.05) is 11.4 Å². The Morgan fingerprint density at radius 1 is 1.12 bits per heavy atom. The van der Waals surface area contributed by atoms with Crippen molar-refractivity contribution in [2.75, 3.05) is 7.11 Å². The Morgan fingerprint density at radius 3 is 2.50 bits per heavy atom. The monoisotopic (exact) mass is 348 g/mol. The maximum Gasteiger partial charge on any atom is 0.273 e. The molecule has 0 saturated carbocycles. The molecule has 0 spiro atoms. The smallest absolute Gasteiger partial charge is 0.273 e. The molecule has 0 heterocycles. The second-order valence-electron chi connectivity index (χ2n) is 5.01. The molecule has 0 bridgehead atoms. The number of phenolic OH excluding ortho intramolecular Hbond substituents is 1. The van der Waals surface area contributed by atoms with Gasteiger partial charge in [-0.3, -0.25) is 20.4 Å². The van der Waals surface area contributed by atoms with E-state index >= 15 is 0 Å². The van der Waals surface area contributed by atoms with Gasteiger partial charge in [-0.15, -0.1) is 0 Å². The molecule has 3 N–H and O–H groups in total. The fourth-order valence-corrected chi connectivity index (χ4v) is 2.17. The summed E-state index contributed by atoms with van der Waals surface area (Å²) < 4.78 is 5.06. The van der Waals surface area contributed by atoms with Crippen LogP contribution in [-0.2, 0) is 11.2 Å². The number of methoxy groups -OCH3 is 1. The van der Waals surface area contributed by atoms with Crippen molar-refractivity contribution in [3.63, 3.8) is 0 Å². The summed E-state index contributed by atoms with van der Waals surface area (Å²) in [4.78, 5) is 23.7. The summed E-state index contributed by atoms with van der Waals surface area (Å²) in [7, 11) is 1.59. The molecule has 0 aromatic heterocycles. The van der Waals surface area contributed by atoms with Gasteiger partial charge in [0.05, 0.1) is 12.7 Å². The number of halogens is 1. The molecule has 0 aliphatic rings. The molecule has 0 aliphatic heterocycles. The number of nitrogens with one attached hydrogen (secondary N) is 2. The quantitative estimate of drug-likeness (QED) is 0.724. The predicted octanol–water partition coefficient (Wildman–Crippen LogP) is 2.45. The number of rotatable bonds is 5. The van der Waals surface area contributed by atoms with E-state index in [2.05, 4.69) is 10.9 Å². The molecule has 0 saturated heterocycles. The van der Waals surface area contributed by atoms with Gasteiger partial charge in [0.2, 0.25) is 5.91 Å². The highest BCUT2D eigenvalue weighted by Crippen LogP contribution is 2.21. The third-order valence-electron chi connectivity index (χ3n) is 3.32. The number of aromatic hydroxyl groups is 1. The third-order valence-corrected chi connectivity index (χ3v) is 3.55. The highest BCUT2D eigenvalue weighted by molar-refractivity contribution is 6.31. The Labute approximate surface area is 144 Å². The first-order valence-electron chi connectivity index (χ1n) is 7.20. The lowest BCUT2D eigenvalue weighted by Crippen LogP contribution is -2.41. The summed E-state index contributed by atoms with van der Waals surface area (Å²) in [6.07, 6.45) is 0.724. The van der Waals surface area contributed by atoms with Gasteiger partial charge in [-0.25, -0.2) is 0 Å². The van der Waals surface area contributed by atoms with E-state index in [1.54, 1.807) is 7.11 Å². The lowest BCUT2D eigenvalue weighted by Gasteiger charge is -2.09. The first-order valence-corrected chi connectivity index (χ1v) is 7.58. The lowest BCUT2D eigenvalue weighted by atomic mass is 10.1. The Morgan fingerprint density at radius 2 is 1.83 bits per heavy atom. The summed E-state index contributed by atoms with van der Waals surface area (Å²) in [6, 6.07) is 11.5. The molecule has 0 radical (unpaired) electrons. The SMILES string of the molecule is COc1ccc(CCC(=O)NNC(=O)c2cc(Cl)ccc2O)cc1. The summed E-state index contributed by atoms with van der Waals surface area (Å²) in [5, 5.41) is 9.93. The number of carbonyl (C=O) groups excluding carboxylic acids is 2. The van der Waals surface area contributed by atoms with Gasteiger partial charge in [-0.05, 0) is 42.3 Å². The van der Waals surface area contributed by atoms with Crippen LogP contribution < -0.4 is 15.6 Å². The van der Waals surface area contributed by atoms with E-state index < -0.39 is 5.91 Å². The number of ether oxygens (including phenoxy) is 1. The molecule has 0 fully saturated rings. The minimum atomic E-state index is -0.646. The Bertz CT molecular complexity index is 732. The van der Waals surface area contributed by atoms with Crippen molar-refractivity contribution in [3.05, 3.63) is 58.6 Å². The Hall–Kier alpha value is -2.73. The number of aryl methyl sites for hydroxylation is 1. The molecular weight excluding hydrogens is 332 g/mol. The van der Waals surface area contributed by atoms with Crippen LogP contribution >= 0.6 is 11.6 Å². The van der Waals surface area contributed by atoms with E-state index in [9.17, 15) is 14.7 Å². The summed E-state index contributed by atoms with van der Waals surface area (Å²) >= 11 is 5.78. The first kappa shape index (κ1) is 17.6. The van der Waals surface area contributed by atoms with Crippen LogP contribution in [0.3, 0.4) is 0 Å². The predicted molar refractivity (Wildman–Crippen MR) is 90.0 cm³/mol. The maximum atomic E-state index is 11.9. The summed E-state index contributed by atoms with van der Waals surface area (Å²) in [6.45, 7) is 0. The number of hydrogen-bond donors (Lipinski definition) is 3. The third kappa shape index (κ3) is 4.89. The van der Waals surface area contributed by atoms with Crippen molar-refractivity contribution >= 4 is 23.4 Å². The van der Waals surface area contributed by atoms with Gasteiger partial charge in [0.15, 0.2) is 0 Å². The second-order valence-corrected chi connectivity index (χ2v) is 5.45. The van der Waals surface area contributed by atoms with Crippen molar-refractivity contribution in [1.82, 2.24) is 10.9 Å². The first-order chi connectivity index (χ1) is 11.5. The van der Waals surface area contributed by atoms with E-state index in [0.717, 1.165) is 11.3 Å². The van der Waals surface area contributed by atoms with E-state index in [-0.39, 0.29) is 23.6 Å². The zero-order chi connectivity index (χ0) is 17.5. The number of amides is 2. The fraction of sp³-hybridized carbons (Fsp3) is 0.176. The number of carbonyl (C=O) groups is 2. The zero-order valence-electron chi connectivity index (χ0n) is 13.0. The lowest BCUT2D eigenvalue weighted by molar-refractivity contribution is -0.121. The van der Waals surface area contributed by atoms with Crippen LogP contribution in [0.2, 0.25) is 5.02 Å². The van der Waals surface area contributed by atoms with Gasteiger partial charge in [0.25, 0.3) is 5.91 Å². The summed E-state index contributed by atoms with van der Waals surface area (Å²) in [5.41, 5.74) is 5.51. The standard InChI is InChI=1S/C17H17ClN2O4/c1-24-13-6-2-11(3-7-13)4-9-16(22)19-20-17(23)14-10-12(18)5-8-15(14)21/h2-3,5-8,10,21H,4,9H2,1H3,(H,19,22)(H,20,23). The van der Waals surface area contributed by atoms with Gasteiger partial charge >= 0.3 is 0 Å². The van der Waals surface area contributed by atoms with E-state index in [4.69, 9.17) is 16.3 Å². The largest absolute Gasteiger partial charge is 0.507 e. The molecule has 0 aliphatic carbocycles. The molecule has 126 valence electrons. The van der Waals surface area contributed by atoms with Crippen LogP contribution in [0.25, 0.3) is 0 Å².